The highest BCUT2D eigenvalue weighted by Crippen LogP contribution is 2.49. The minimum absolute atomic E-state index is 0.299. The quantitative estimate of drug-likeness (QED) is 0.903. The number of nitrogens with zero attached hydrogens (tertiary/aromatic N) is 1. The molecule has 2 aliphatic rings. The molecule has 0 amide bonds. The Bertz CT molecular complexity index is 562. The number of carboxylic acid groups (broad SMARTS) is 1. The maximum Gasteiger partial charge on any atom is 0.311 e. The van der Waals surface area contributed by atoms with Crippen molar-refractivity contribution in [1.29, 1.82) is 0 Å². The minimum atomic E-state index is -0.617. The predicted octanol–water partition coefficient (Wildman–Crippen LogP) is 3.14. The van der Waals surface area contributed by atoms with Gasteiger partial charge in [-0.3, -0.25) is 9.69 Å². The predicted molar refractivity (Wildman–Crippen MR) is 83.4 cm³/mol. The van der Waals surface area contributed by atoms with Crippen molar-refractivity contribution in [2.75, 3.05) is 20.2 Å². The van der Waals surface area contributed by atoms with Crippen molar-refractivity contribution in [1.82, 2.24) is 4.90 Å². The minimum Gasteiger partial charge on any atom is -0.496 e. The van der Waals surface area contributed by atoms with Crippen LogP contribution < -0.4 is 4.74 Å². The van der Waals surface area contributed by atoms with E-state index in [9.17, 15) is 9.90 Å². The van der Waals surface area contributed by atoms with Crippen LogP contribution in [0, 0.1) is 11.3 Å². The van der Waals surface area contributed by atoms with E-state index in [0.29, 0.717) is 12.5 Å². The van der Waals surface area contributed by atoms with E-state index >= 15 is 0 Å². The van der Waals surface area contributed by atoms with Gasteiger partial charge in [0.1, 0.15) is 5.75 Å². The van der Waals surface area contributed by atoms with Crippen molar-refractivity contribution in [3.63, 3.8) is 0 Å². The van der Waals surface area contributed by atoms with Crippen molar-refractivity contribution >= 4 is 21.9 Å². The Morgan fingerprint density at radius 2 is 2.38 bits per heavy atom. The number of hydrogen-bond donors (Lipinski definition) is 1. The van der Waals surface area contributed by atoms with Crippen LogP contribution in [-0.2, 0) is 11.3 Å². The number of carbonyl (C=O) groups is 1. The molecule has 1 aliphatic carbocycles. The van der Waals surface area contributed by atoms with Gasteiger partial charge in [-0.05, 0) is 37.0 Å². The number of ether oxygens (including phenoxy) is 1. The van der Waals surface area contributed by atoms with Gasteiger partial charge < -0.3 is 9.84 Å². The summed E-state index contributed by atoms with van der Waals surface area (Å²) in [6.45, 7) is 2.28. The maximum atomic E-state index is 11.7. The zero-order chi connectivity index (χ0) is 15.0. The molecule has 1 saturated carbocycles. The molecule has 0 radical (unpaired) electrons. The molecule has 5 heteroatoms. The topological polar surface area (TPSA) is 49.8 Å². The van der Waals surface area contributed by atoms with E-state index in [4.69, 9.17) is 4.74 Å². The highest BCUT2D eigenvalue weighted by Gasteiger charge is 2.54. The molecule has 2 fully saturated rings. The summed E-state index contributed by atoms with van der Waals surface area (Å²) in [6, 6.07) is 5.96. The van der Waals surface area contributed by atoms with Crippen LogP contribution in [0.1, 0.15) is 24.8 Å². The van der Waals surface area contributed by atoms with Gasteiger partial charge in [-0.15, -0.1) is 0 Å². The zero-order valence-corrected chi connectivity index (χ0v) is 13.7. The Morgan fingerprint density at radius 1 is 1.57 bits per heavy atom. The third-order valence-electron chi connectivity index (χ3n) is 5.00. The molecular formula is C16H20BrNO3. The van der Waals surface area contributed by atoms with Crippen LogP contribution in [0.2, 0.25) is 0 Å². The van der Waals surface area contributed by atoms with Gasteiger partial charge in [0.15, 0.2) is 0 Å². The van der Waals surface area contributed by atoms with Crippen LogP contribution in [0.3, 0.4) is 0 Å². The number of hydrogen-bond acceptors (Lipinski definition) is 3. The highest BCUT2D eigenvalue weighted by atomic mass is 79.9. The van der Waals surface area contributed by atoms with Crippen LogP contribution in [0.25, 0.3) is 0 Å². The Hall–Kier alpha value is -1.07. The lowest BCUT2D eigenvalue weighted by Crippen LogP contribution is -2.35. The molecule has 1 aromatic carbocycles. The summed E-state index contributed by atoms with van der Waals surface area (Å²) in [5.74, 6) is 0.543. The number of benzene rings is 1. The molecule has 2 atom stereocenters. The Balaban J connectivity index is 1.79. The summed E-state index contributed by atoms with van der Waals surface area (Å²) in [4.78, 5) is 14.0. The van der Waals surface area contributed by atoms with Gasteiger partial charge in [0, 0.05) is 29.7 Å². The van der Waals surface area contributed by atoms with Gasteiger partial charge >= 0.3 is 5.97 Å². The monoisotopic (exact) mass is 353 g/mol. The van der Waals surface area contributed by atoms with Crippen molar-refractivity contribution in [2.45, 2.75) is 25.8 Å². The number of halogens is 1. The Morgan fingerprint density at radius 3 is 3.05 bits per heavy atom. The molecule has 1 aromatic rings. The molecule has 3 rings (SSSR count). The lowest BCUT2D eigenvalue weighted by atomic mass is 9.81. The summed E-state index contributed by atoms with van der Waals surface area (Å²) >= 11 is 3.49. The van der Waals surface area contributed by atoms with Gasteiger partial charge in [0.25, 0.3) is 0 Å². The normalized spacial score (nSPS) is 28.6. The first-order valence-corrected chi connectivity index (χ1v) is 8.12. The molecule has 21 heavy (non-hydrogen) atoms. The third kappa shape index (κ3) is 2.57. The van der Waals surface area contributed by atoms with Gasteiger partial charge in [-0.2, -0.15) is 0 Å². The molecule has 1 saturated heterocycles. The molecule has 1 heterocycles. The number of fused-ring (bicyclic) bond motifs is 1. The van der Waals surface area contributed by atoms with E-state index in [1.165, 1.54) is 0 Å². The summed E-state index contributed by atoms with van der Waals surface area (Å²) in [5, 5.41) is 9.64. The molecule has 0 unspecified atom stereocenters. The average molecular weight is 354 g/mol. The largest absolute Gasteiger partial charge is 0.496 e. The fraction of sp³-hybridized carbons (Fsp3) is 0.562. The van der Waals surface area contributed by atoms with Crippen molar-refractivity contribution in [3.05, 3.63) is 28.2 Å². The van der Waals surface area contributed by atoms with E-state index in [1.54, 1.807) is 7.11 Å². The van der Waals surface area contributed by atoms with Gasteiger partial charge in [-0.1, -0.05) is 22.4 Å². The lowest BCUT2D eigenvalue weighted by Gasteiger charge is -2.23. The zero-order valence-electron chi connectivity index (χ0n) is 12.1. The van der Waals surface area contributed by atoms with E-state index in [0.717, 1.165) is 48.1 Å². The average Bonchev–Trinajstić information content (AvgIpc) is 2.96. The Labute approximate surface area is 133 Å². The molecular weight excluding hydrogens is 334 g/mol. The van der Waals surface area contributed by atoms with Crippen LogP contribution in [0.4, 0.5) is 0 Å². The van der Waals surface area contributed by atoms with Crippen molar-refractivity contribution < 1.29 is 14.6 Å². The number of likely N-dealkylation sites (tertiary alicyclic amines) is 1. The number of rotatable bonds is 4. The van der Waals surface area contributed by atoms with E-state index in [2.05, 4.69) is 26.9 Å². The first-order valence-electron chi connectivity index (χ1n) is 7.33. The van der Waals surface area contributed by atoms with Crippen LogP contribution in [-0.4, -0.2) is 36.2 Å². The number of aliphatic carboxylic acids is 1. The molecule has 0 aromatic heterocycles. The molecule has 0 bridgehead atoms. The summed E-state index contributed by atoms with van der Waals surface area (Å²) < 4.78 is 6.43. The maximum absolute atomic E-state index is 11.7. The van der Waals surface area contributed by atoms with Gasteiger partial charge in [0.05, 0.1) is 12.5 Å². The van der Waals surface area contributed by atoms with Gasteiger partial charge in [0.2, 0.25) is 0 Å². The lowest BCUT2D eigenvalue weighted by molar-refractivity contribution is -0.149. The van der Waals surface area contributed by atoms with Crippen molar-refractivity contribution in [2.24, 2.45) is 11.3 Å². The van der Waals surface area contributed by atoms with Crippen LogP contribution >= 0.6 is 15.9 Å². The van der Waals surface area contributed by atoms with E-state index in [1.807, 2.05) is 12.1 Å². The van der Waals surface area contributed by atoms with Crippen LogP contribution in [0.5, 0.6) is 5.75 Å². The standard InChI is InChI=1S/C16H20BrNO3/c1-21-14-5-4-13(17)7-11(14)8-18-9-12-3-2-6-16(12,10-18)15(19)20/h4-5,7,12H,2-3,6,8-10H2,1H3,(H,19,20)/t12-,16+/m0/s1. The fourth-order valence-corrected chi connectivity index (χ4v) is 4.38. The second-order valence-electron chi connectivity index (χ2n) is 6.18. The first-order chi connectivity index (χ1) is 10.0. The molecule has 1 N–H and O–H groups in total. The summed E-state index contributed by atoms with van der Waals surface area (Å²) in [5.41, 5.74) is 0.589. The SMILES string of the molecule is COc1ccc(Br)cc1CN1C[C@@H]2CCC[C@@]2(C(=O)O)C1. The smallest absolute Gasteiger partial charge is 0.311 e. The summed E-state index contributed by atoms with van der Waals surface area (Å²) in [6.07, 6.45) is 2.91. The first kappa shape index (κ1) is 14.9. The number of methoxy groups -OCH3 is 1. The fourth-order valence-electron chi connectivity index (χ4n) is 3.98. The molecule has 0 spiro atoms. The molecule has 4 nitrogen and oxygen atoms in total. The van der Waals surface area contributed by atoms with Crippen molar-refractivity contribution in [3.8, 4) is 5.75 Å². The third-order valence-corrected chi connectivity index (χ3v) is 5.50. The molecule has 1 aliphatic heterocycles. The van der Waals surface area contributed by atoms with Gasteiger partial charge in [-0.25, -0.2) is 0 Å². The van der Waals surface area contributed by atoms with E-state index < -0.39 is 11.4 Å². The second kappa shape index (κ2) is 5.61. The highest BCUT2D eigenvalue weighted by molar-refractivity contribution is 9.10. The Kier molecular flexibility index (Phi) is 3.97. The molecule has 114 valence electrons. The van der Waals surface area contributed by atoms with E-state index in [-0.39, 0.29) is 0 Å². The second-order valence-corrected chi connectivity index (χ2v) is 7.09. The van der Waals surface area contributed by atoms with Crippen LogP contribution in [0.15, 0.2) is 22.7 Å². The summed E-state index contributed by atoms with van der Waals surface area (Å²) in [7, 11) is 1.67. The number of carboxylic acids is 1.